The Labute approximate surface area is 97.9 Å². The molecule has 1 fully saturated rings. The molecule has 1 aromatic heterocycles. The third-order valence-corrected chi connectivity index (χ3v) is 3.15. The average Bonchev–Trinajstić information content (AvgIpc) is 3.13. The van der Waals surface area contributed by atoms with Gasteiger partial charge in [-0.05, 0) is 50.6 Å². The highest BCUT2D eigenvalue weighted by Crippen LogP contribution is 2.24. The van der Waals surface area contributed by atoms with Crippen LogP contribution in [0.25, 0.3) is 0 Å². The lowest BCUT2D eigenvalue weighted by molar-refractivity contribution is 0.322. The number of rotatable bonds is 7. The van der Waals surface area contributed by atoms with Crippen molar-refractivity contribution in [1.82, 2.24) is 15.2 Å². The maximum atomic E-state index is 4.01. The van der Waals surface area contributed by atoms with Gasteiger partial charge >= 0.3 is 0 Å². The summed E-state index contributed by atoms with van der Waals surface area (Å²) in [7, 11) is 2.22. The van der Waals surface area contributed by atoms with Gasteiger partial charge in [-0.3, -0.25) is 4.98 Å². The van der Waals surface area contributed by atoms with Gasteiger partial charge in [0, 0.05) is 31.5 Å². The molecule has 1 saturated carbocycles. The molecule has 0 aromatic carbocycles. The van der Waals surface area contributed by atoms with Crippen molar-refractivity contribution in [3.05, 3.63) is 30.1 Å². The van der Waals surface area contributed by atoms with E-state index in [1.807, 2.05) is 12.4 Å². The molecule has 88 valence electrons. The molecule has 1 N–H and O–H groups in total. The fraction of sp³-hybridized carbons (Fsp3) is 0.615. The van der Waals surface area contributed by atoms with E-state index in [9.17, 15) is 0 Å². The van der Waals surface area contributed by atoms with Crippen molar-refractivity contribution < 1.29 is 0 Å². The van der Waals surface area contributed by atoms with E-state index < -0.39 is 0 Å². The number of likely N-dealkylation sites (N-methyl/N-ethyl adjacent to an activating group) is 1. The maximum Gasteiger partial charge on any atom is 0.0270 e. The second-order valence-corrected chi connectivity index (χ2v) is 4.57. The summed E-state index contributed by atoms with van der Waals surface area (Å²) in [5, 5.41) is 3.49. The maximum absolute atomic E-state index is 4.01. The van der Waals surface area contributed by atoms with Gasteiger partial charge in [-0.2, -0.15) is 0 Å². The second-order valence-electron chi connectivity index (χ2n) is 4.57. The molecule has 3 heteroatoms. The van der Waals surface area contributed by atoms with Crippen LogP contribution in [-0.4, -0.2) is 42.6 Å². The molecule has 0 aliphatic heterocycles. The van der Waals surface area contributed by atoms with Gasteiger partial charge in [0.25, 0.3) is 0 Å². The van der Waals surface area contributed by atoms with Gasteiger partial charge in [0.05, 0.1) is 0 Å². The summed E-state index contributed by atoms with van der Waals surface area (Å²) in [6, 6.07) is 5.04. The smallest absolute Gasteiger partial charge is 0.0270 e. The quantitative estimate of drug-likeness (QED) is 0.701. The van der Waals surface area contributed by atoms with Crippen molar-refractivity contribution in [2.45, 2.75) is 25.3 Å². The van der Waals surface area contributed by atoms with Gasteiger partial charge in [0.15, 0.2) is 0 Å². The van der Waals surface area contributed by atoms with Crippen LogP contribution in [0.3, 0.4) is 0 Å². The first kappa shape index (κ1) is 11.6. The Morgan fingerprint density at radius 2 is 2.06 bits per heavy atom. The molecule has 0 atom stereocenters. The van der Waals surface area contributed by atoms with Crippen LogP contribution in [0.1, 0.15) is 18.4 Å². The zero-order valence-electron chi connectivity index (χ0n) is 10.0. The zero-order chi connectivity index (χ0) is 11.2. The number of nitrogens with zero attached hydrogens (tertiary/aromatic N) is 2. The summed E-state index contributed by atoms with van der Waals surface area (Å²) in [5.41, 5.74) is 1.36. The molecule has 0 bridgehead atoms. The highest BCUT2D eigenvalue weighted by atomic mass is 15.2. The Morgan fingerprint density at radius 3 is 2.75 bits per heavy atom. The molecule has 0 spiro atoms. The predicted molar refractivity (Wildman–Crippen MR) is 66.5 cm³/mol. The summed E-state index contributed by atoms with van der Waals surface area (Å²) in [6.07, 6.45) is 7.60. The van der Waals surface area contributed by atoms with E-state index in [4.69, 9.17) is 0 Å². The highest BCUT2D eigenvalue weighted by molar-refractivity contribution is 5.09. The molecule has 16 heavy (non-hydrogen) atoms. The number of aromatic nitrogens is 1. The summed E-state index contributed by atoms with van der Waals surface area (Å²) in [5.74, 6) is 0. The van der Waals surface area contributed by atoms with Crippen LogP contribution in [0, 0.1) is 0 Å². The molecule has 0 saturated heterocycles. The number of hydrogen-bond donors (Lipinski definition) is 1. The van der Waals surface area contributed by atoms with Gasteiger partial charge in [-0.15, -0.1) is 0 Å². The minimum atomic E-state index is 0.877. The van der Waals surface area contributed by atoms with E-state index in [1.54, 1.807) is 0 Å². The Hall–Kier alpha value is -0.930. The monoisotopic (exact) mass is 219 g/mol. The van der Waals surface area contributed by atoms with Crippen molar-refractivity contribution in [2.24, 2.45) is 0 Å². The summed E-state index contributed by atoms with van der Waals surface area (Å²) < 4.78 is 0. The Balaban J connectivity index is 1.52. The van der Waals surface area contributed by atoms with Crippen LogP contribution in [0.15, 0.2) is 24.5 Å². The first-order valence-electron chi connectivity index (χ1n) is 6.16. The molecule has 1 heterocycles. The Morgan fingerprint density at radius 1 is 1.31 bits per heavy atom. The van der Waals surface area contributed by atoms with E-state index in [0.717, 1.165) is 25.6 Å². The standard InChI is InChI=1S/C13H21N3/c1-16(13-2-3-13)11-10-15-9-6-12-4-7-14-8-5-12/h4-5,7-8,13,15H,2-3,6,9-11H2,1H3. The number of hydrogen-bond acceptors (Lipinski definition) is 3. The van der Waals surface area contributed by atoms with Gasteiger partial charge in [0.2, 0.25) is 0 Å². The van der Waals surface area contributed by atoms with Gasteiger partial charge < -0.3 is 10.2 Å². The molecule has 2 rings (SSSR count). The summed E-state index contributed by atoms with van der Waals surface area (Å²) in [6.45, 7) is 3.32. The van der Waals surface area contributed by atoms with Crippen LogP contribution < -0.4 is 5.32 Å². The number of nitrogens with one attached hydrogen (secondary N) is 1. The Kier molecular flexibility index (Phi) is 4.31. The van der Waals surface area contributed by atoms with Crippen molar-refractivity contribution in [1.29, 1.82) is 0 Å². The minimum Gasteiger partial charge on any atom is -0.315 e. The molecule has 0 radical (unpaired) electrons. The Bertz CT molecular complexity index is 295. The largest absolute Gasteiger partial charge is 0.315 e. The van der Waals surface area contributed by atoms with Crippen LogP contribution in [0.2, 0.25) is 0 Å². The molecule has 1 aromatic rings. The number of pyridine rings is 1. The second kappa shape index (κ2) is 5.97. The predicted octanol–water partition coefficient (Wildman–Crippen LogP) is 1.31. The fourth-order valence-electron chi connectivity index (χ4n) is 1.86. The first-order chi connectivity index (χ1) is 7.86. The van der Waals surface area contributed by atoms with Gasteiger partial charge in [-0.25, -0.2) is 0 Å². The molecule has 0 unspecified atom stereocenters. The van der Waals surface area contributed by atoms with Crippen LogP contribution in [0.4, 0.5) is 0 Å². The third kappa shape index (κ3) is 3.91. The van der Waals surface area contributed by atoms with E-state index in [0.29, 0.717) is 0 Å². The average molecular weight is 219 g/mol. The van der Waals surface area contributed by atoms with E-state index in [1.165, 1.54) is 24.9 Å². The van der Waals surface area contributed by atoms with E-state index in [-0.39, 0.29) is 0 Å². The summed E-state index contributed by atoms with van der Waals surface area (Å²) >= 11 is 0. The molecule has 3 nitrogen and oxygen atoms in total. The first-order valence-corrected chi connectivity index (χ1v) is 6.16. The molecular weight excluding hydrogens is 198 g/mol. The topological polar surface area (TPSA) is 28.2 Å². The van der Waals surface area contributed by atoms with Crippen molar-refractivity contribution >= 4 is 0 Å². The summed E-state index contributed by atoms with van der Waals surface area (Å²) in [4.78, 5) is 6.47. The molecule has 1 aliphatic rings. The molecular formula is C13H21N3. The SMILES string of the molecule is CN(CCNCCc1ccncc1)C1CC1. The van der Waals surface area contributed by atoms with Crippen LogP contribution in [-0.2, 0) is 6.42 Å². The normalized spacial score (nSPS) is 15.6. The van der Waals surface area contributed by atoms with Crippen molar-refractivity contribution in [3.8, 4) is 0 Å². The van der Waals surface area contributed by atoms with Gasteiger partial charge in [0.1, 0.15) is 0 Å². The molecule has 1 aliphatic carbocycles. The van der Waals surface area contributed by atoms with Crippen molar-refractivity contribution in [3.63, 3.8) is 0 Å². The fourth-order valence-corrected chi connectivity index (χ4v) is 1.86. The lowest BCUT2D eigenvalue weighted by Crippen LogP contribution is -2.31. The van der Waals surface area contributed by atoms with E-state index in [2.05, 4.69) is 34.4 Å². The van der Waals surface area contributed by atoms with Gasteiger partial charge in [-0.1, -0.05) is 0 Å². The lowest BCUT2D eigenvalue weighted by atomic mass is 10.2. The lowest BCUT2D eigenvalue weighted by Gasteiger charge is -2.15. The van der Waals surface area contributed by atoms with Crippen LogP contribution in [0.5, 0.6) is 0 Å². The molecule has 0 amide bonds. The zero-order valence-corrected chi connectivity index (χ0v) is 10.0. The third-order valence-electron chi connectivity index (χ3n) is 3.15. The van der Waals surface area contributed by atoms with E-state index >= 15 is 0 Å². The highest BCUT2D eigenvalue weighted by Gasteiger charge is 2.25. The minimum absolute atomic E-state index is 0.877. The van der Waals surface area contributed by atoms with Crippen molar-refractivity contribution in [2.75, 3.05) is 26.7 Å². The van der Waals surface area contributed by atoms with Crippen LogP contribution >= 0.6 is 0 Å².